The van der Waals surface area contributed by atoms with Crippen LogP contribution in [-0.4, -0.2) is 17.5 Å². The number of anilines is 1. The van der Waals surface area contributed by atoms with E-state index in [1.807, 2.05) is 43.3 Å². The molecule has 0 heterocycles. The van der Waals surface area contributed by atoms with Crippen LogP contribution in [0.4, 0.5) is 5.69 Å². The van der Waals surface area contributed by atoms with Crippen LogP contribution in [0.1, 0.15) is 37.0 Å². The molecular weight excluding hydrogens is 314 g/mol. The normalized spacial score (nSPS) is 11.1. The third kappa shape index (κ3) is 5.57. The predicted molar refractivity (Wildman–Crippen MR) is 101 cm³/mol. The Morgan fingerprint density at radius 2 is 1.60 bits per heavy atom. The molecule has 2 rings (SSSR count). The zero-order valence-corrected chi connectivity index (χ0v) is 14.8. The molecule has 0 atom stereocenters. The van der Waals surface area contributed by atoms with Gasteiger partial charge in [-0.15, -0.1) is 0 Å². The summed E-state index contributed by atoms with van der Waals surface area (Å²) in [6, 6.07) is 15.2. The fraction of sp³-hybridized carbons (Fsp3) is 0.250. The van der Waals surface area contributed by atoms with Crippen LogP contribution in [0.2, 0.25) is 0 Å². The number of hydrazone groups is 1. The smallest absolute Gasteiger partial charge is 0.318 e. The van der Waals surface area contributed by atoms with Crippen molar-refractivity contribution in [3.05, 3.63) is 65.2 Å². The number of amides is 2. The summed E-state index contributed by atoms with van der Waals surface area (Å²) < 4.78 is 0. The molecular formula is C20H23N3O2. The molecule has 0 radical (unpaired) electrons. The van der Waals surface area contributed by atoms with Gasteiger partial charge in [-0.3, -0.25) is 9.59 Å². The van der Waals surface area contributed by atoms with Crippen molar-refractivity contribution in [2.75, 3.05) is 5.32 Å². The van der Waals surface area contributed by atoms with Gasteiger partial charge in [-0.25, -0.2) is 5.43 Å². The molecule has 0 aliphatic heterocycles. The summed E-state index contributed by atoms with van der Waals surface area (Å²) in [5.74, 6) is -1.55. The van der Waals surface area contributed by atoms with Gasteiger partial charge in [0.1, 0.15) is 0 Å². The van der Waals surface area contributed by atoms with Gasteiger partial charge in [-0.1, -0.05) is 55.3 Å². The molecule has 2 aromatic carbocycles. The molecule has 0 aliphatic rings. The highest BCUT2D eigenvalue weighted by molar-refractivity contribution is 6.39. The van der Waals surface area contributed by atoms with Crippen molar-refractivity contribution in [2.45, 2.75) is 33.6 Å². The minimum Gasteiger partial charge on any atom is -0.318 e. The highest BCUT2D eigenvalue weighted by Gasteiger charge is 2.13. The largest absolute Gasteiger partial charge is 0.329 e. The van der Waals surface area contributed by atoms with E-state index in [0.717, 1.165) is 24.0 Å². The molecule has 0 saturated heterocycles. The zero-order chi connectivity index (χ0) is 18.2. The Kier molecular flexibility index (Phi) is 6.46. The van der Waals surface area contributed by atoms with E-state index in [4.69, 9.17) is 0 Å². The number of nitrogens with zero attached hydrogens (tertiary/aromatic N) is 1. The standard InChI is InChI=1S/C20H23N3O2/c1-4-5-16-8-10-17(11-9-16)15(3)22-23-20(25)19(24)21-18-12-6-14(2)7-13-18/h6-13H,4-5H2,1-3H3,(H,21,24)(H,23,25)/b22-15-. The first kappa shape index (κ1) is 18.4. The molecule has 5 nitrogen and oxygen atoms in total. The second-order valence-corrected chi connectivity index (χ2v) is 5.91. The minimum absolute atomic E-state index is 0.568. The van der Waals surface area contributed by atoms with Gasteiger partial charge >= 0.3 is 11.8 Å². The van der Waals surface area contributed by atoms with Crippen molar-refractivity contribution < 1.29 is 9.59 Å². The van der Waals surface area contributed by atoms with Crippen molar-refractivity contribution in [1.82, 2.24) is 5.43 Å². The van der Waals surface area contributed by atoms with Crippen LogP contribution in [0.25, 0.3) is 0 Å². The molecule has 2 N–H and O–H groups in total. The molecule has 0 aliphatic carbocycles. The first-order valence-electron chi connectivity index (χ1n) is 8.31. The highest BCUT2D eigenvalue weighted by atomic mass is 16.2. The Morgan fingerprint density at radius 3 is 2.20 bits per heavy atom. The number of hydrogen-bond donors (Lipinski definition) is 2. The van der Waals surface area contributed by atoms with Crippen LogP contribution < -0.4 is 10.7 Å². The van der Waals surface area contributed by atoms with Crippen molar-refractivity contribution in [3.8, 4) is 0 Å². The van der Waals surface area contributed by atoms with E-state index in [1.54, 1.807) is 19.1 Å². The monoisotopic (exact) mass is 337 g/mol. The number of aryl methyl sites for hydroxylation is 2. The molecule has 0 aromatic heterocycles. The fourth-order valence-electron chi connectivity index (χ4n) is 2.28. The maximum Gasteiger partial charge on any atom is 0.329 e. The van der Waals surface area contributed by atoms with Gasteiger partial charge in [0.15, 0.2) is 0 Å². The number of hydrogen-bond acceptors (Lipinski definition) is 3. The maximum absolute atomic E-state index is 11.9. The van der Waals surface area contributed by atoms with Gasteiger partial charge in [-0.2, -0.15) is 5.10 Å². The summed E-state index contributed by atoms with van der Waals surface area (Å²) in [6.45, 7) is 5.87. The molecule has 0 bridgehead atoms. The second-order valence-electron chi connectivity index (χ2n) is 5.91. The molecule has 2 amide bonds. The Bertz CT molecular complexity index is 763. The summed E-state index contributed by atoms with van der Waals surface area (Å²) in [7, 11) is 0. The lowest BCUT2D eigenvalue weighted by atomic mass is 10.1. The van der Waals surface area contributed by atoms with E-state index in [-0.39, 0.29) is 0 Å². The van der Waals surface area contributed by atoms with Crippen molar-refractivity contribution in [2.24, 2.45) is 5.10 Å². The lowest BCUT2D eigenvalue weighted by molar-refractivity contribution is -0.136. The third-order valence-corrected chi connectivity index (χ3v) is 3.75. The minimum atomic E-state index is -0.803. The maximum atomic E-state index is 11.9. The lowest BCUT2D eigenvalue weighted by Gasteiger charge is -2.06. The Labute approximate surface area is 148 Å². The van der Waals surface area contributed by atoms with E-state index in [9.17, 15) is 9.59 Å². The summed E-state index contributed by atoms with van der Waals surface area (Å²) in [4.78, 5) is 23.7. The second kappa shape index (κ2) is 8.78. The van der Waals surface area contributed by atoms with Crippen LogP contribution in [0.15, 0.2) is 53.6 Å². The number of carbonyl (C=O) groups is 2. The van der Waals surface area contributed by atoms with Crippen LogP contribution in [-0.2, 0) is 16.0 Å². The number of carbonyl (C=O) groups excluding carboxylic acids is 2. The molecule has 0 unspecified atom stereocenters. The van der Waals surface area contributed by atoms with E-state index in [1.165, 1.54) is 5.56 Å². The van der Waals surface area contributed by atoms with Crippen LogP contribution in [0.3, 0.4) is 0 Å². The van der Waals surface area contributed by atoms with Crippen LogP contribution in [0, 0.1) is 6.92 Å². The Balaban J connectivity index is 1.93. The molecule has 0 spiro atoms. The van der Waals surface area contributed by atoms with Crippen molar-refractivity contribution >= 4 is 23.2 Å². The average molecular weight is 337 g/mol. The molecule has 2 aromatic rings. The van der Waals surface area contributed by atoms with Gasteiger partial charge in [0.2, 0.25) is 0 Å². The van der Waals surface area contributed by atoms with Crippen molar-refractivity contribution in [3.63, 3.8) is 0 Å². The first-order valence-corrected chi connectivity index (χ1v) is 8.31. The summed E-state index contributed by atoms with van der Waals surface area (Å²) >= 11 is 0. The van der Waals surface area contributed by atoms with E-state index < -0.39 is 11.8 Å². The molecule has 0 fully saturated rings. The molecule has 0 saturated carbocycles. The quantitative estimate of drug-likeness (QED) is 0.498. The van der Waals surface area contributed by atoms with Gasteiger partial charge in [0, 0.05) is 5.69 Å². The van der Waals surface area contributed by atoms with E-state index >= 15 is 0 Å². The van der Waals surface area contributed by atoms with Gasteiger partial charge in [-0.05, 0) is 43.5 Å². The summed E-state index contributed by atoms with van der Waals surface area (Å²) in [5.41, 5.74) is 6.74. The van der Waals surface area contributed by atoms with Crippen molar-refractivity contribution in [1.29, 1.82) is 0 Å². The number of nitrogens with one attached hydrogen (secondary N) is 2. The molecule has 130 valence electrons. The first-order chi connectivity index (χ1) is 12.0. The average Bonchev–Trinajstić information content (AvgIpc) is 2.62. The van der Waals surface area contributed by atoms with Gasteiger partial charge in [0.05, 0.1) is 5.71 Å². The molecule has 25 heavy (non-hydrogen) atoms. The highest BCUT2D eigenvalue weighted by Crippen LogP contribution is 2.09. The van der Waals surface area contributed by atoms with Crippen LogP contribution >= 0.6 is 0 Å². The fourth-order valence-corrected chi connectivity index (χ4v) is 2.28. The third-order valence-electron chi connectivity index (χ3n) is 3.75. The van der Waals surface area contributed by atoms with Gasteiger partial charge in [0.25, 0.3) is 0 Å². The summed E-state index contributed by atoms with van der Waals surface area (Å²) in [6.07, 6.45) is 2.13. The predicted octanol–water partition coefficient (Wildman–Crippen LogP) is 3.43. The lowest BCUT2D eigenvalue weighted by Crippen LogP contribution is -2.32. The number of benzene rings is 2. The topological polar surface area (TPSA) is 70.6 Å². The zero-order valence-electron chi connectivity index (χ0n) is 14.8. The Morgan fingerprint density at radius 1 is 0.960 bits per heavy atom. The summed E-state index contributed by atoms with van der Waals surface area (Å²) in [5, 5.41) is 6.54. The van der Waals surface area contributed by atoms with E-state index in [0.29, 0.717) is 11.4 Å². The molecule has 5 heteroatoms. The van der Waals surface area contributed by atoms with Gasteiger partial charge < -0.3 is 5.32 Å². The van der Waals surface area contributed by atoms with Crippen LogP contribution in [0.5, 0.6) is 0 Å². The Hall–Kier alpha value is -2.95. The number of rotatable bonds is 5. The van der Waals surface area contributed by atoms with E-state index in [2.05, 4.69) is 22.8 Å². The SMILES string of the molecule is CCCc1ccc(/C(C)=N\NC(=O)C(=O)Nc2ccc(C)cc2)cc1.